The van der Waals surface area contributed by atoms with Crippen LogP contribution in [0.15, 0.2) is 29.1 Å². The number of nitrogens with two attached hydrogens (primary N) is 1. The molecular weight excluding hydrogens is 430 g/mol. The molecule has 2 atom stereocenters. The summed E-state index contributed by atoms with van der Waals surface area (Å²) in [5, 5.41) is 0.770. The highest BCUT2D eigenvalue weighted by molar-refractivity contribution is 6.30. The molecule has 0 spiro atoms. The van der Waals surface area contributed by atoms with Gasteiger partial charge in [-0.05, 0) is 55.8 Å². The minimum atomic E-state index is -0.802. The zero-order chi connectivity index (χ0) is 23.0. The molecule has 2 fully saturated rings. The summed E-state index contributed by atoms with van der Waals surface area (Å²) in [6.45, 7) is 5.76. The highest BCUT2D eigenvalue weighted by Crippen LogP contribution is 2.32. The number of carbonyl (C=O) groups excluding carboxylic acids is 2. The Labute approximate surface area is 192 Å². The third kappa shape index (κ3) is 4.42. The van der Waals surface area contributed by atoms with Crippen LogP contribution < -0.4 is 11.4 Å². The van der Waals surface area contributed by atoms with Crippen LogP contribution in [0.3, 0.4) is 0 Å². The van der Waals surface area contributed by atoms with Crippen LogP contribution in [0, 0.1) is 18.8 Å². The number of rotatable bonds is 6. The summed E-state index contributed by atoms with van der Waals surface area (Å²) in [6, 6.07) is 7.98. The van der Waals surface area contributed by atoms with Gasteiger partial charge in [-0.25, -0.2) is 4.79 Å². The molecule has 2 aliphatic rings. The number of amides is 2. The molecule has 0 saturated carbocycles. The quantitative estimate of drug-likeness (QED) is 0.707. The van der Waals surface area contributed by atoms with Crippen LogP contribution in [-0.4, -0.2) is 63.9 Å². The van der Waals surface area contributed by atoms with E-state index in [1.54, 1.807) is 11.8 Å². The van der Waals surface area contributed by atoms with E-state index in [9.17, 15) is 14.4 Å². The van der Waals surface area contributed by atoms with E-state index >= 15 is 0 Å². The zero-order valence-corrected chi connectivity index (χ0v) is 19.1. The van der Waals surface area contributed by atoms with Gasteiger partial charge in [0, 0.05) is 38.2 Å². The van der Waals surface area contributed by atoms with Gasteiger partial charge in [0.15, 0.2) is 0 Å². The topological polar surface area (TPSA) is 102 Å². The first-order valence-corrected chi connectivity index (χ1v) is 11.3. The molecule has 0 bridgehead atoms. The maximum absolute atomic E-state index is 13.3. The number of benzene rings is 1. The monoisotopic (exact) mass is 457 g/mol. The van der Waals surface area contributed by atoms with E-state index < -0.39 is 11.6 Å². The molecule has 0 aliphatic carbocycles. The first kappa shape index (κ1) is 22.5. The van der Waals surface area contributed by atoms with Gasteiger partial charge in [-0.3, -0.25) is 14.2 Å². The van der Waals surface area contributed by atoms with Crippen molar-refractivity contribution in [3.8, 4) is 0 Å². The number of aryl methyl sites for hydroxylation is 2. The normalized spacial score (nSPS) is 20.5. The van der Waals surface area contributed by atoms with Crippen LogP contribution in [0.5, 0.6) is 0 Å². The maximum Gasteiger partial charge on any atom is 0.348 e. The predicted molar refractivity (Wildman–Crippen MR) is 122 cm³/mol. The summed E-state index contributed by atoms with van der Waals surface area (Å²) >= 11 is 6.06. The highest BCUT2D eigenvalue weighted by atomic mass is 35.5. The molecule has 32 heavy (non-hydrogen) atoms. The van der Waals surface area contributed by atoms with Gasteiger partial charge in [0.25, 0.3) is 11.8 Å². The first-order valence-electron chi connectivity index (χ1n) is 10.9. The van der Waals surface area contributed by atoms with Crippen molar-refractivity contribution in [2.75, 3.05) is 32.7 Å². The molecule has 9 heteroatoms. The number of aromatic nitrogens is 2. The Balaban J connectivity index is 1.37. The maximum atomic E-state index is 13.3. The Hall–Kier alpha value is -2.71. The fraction of sp³-hybridized carbons (Fsp3) is 0.478. The molecule has 0 radical (unpaired) electrons. The lowest BCUT2D eigenvalue weighted by Crippen LogP contribution is -2.39. The van der Waals surface area contributed by atoms with Gasteiger partial charge in [0.05, 0.1) is 11.3 Å². The van der Waals surface area contributed by atoms with Crippen LogP contribution in [0.4, 0.5) is 0 Å². The molecule has 2 N–H and O–H groups in total. The third-order valence-corrected chi connectivity index (χ3v) is 6.84. The standard InChI is InChI=1S/C23H28ClN5O3/c1-14-19(20(21(25)30)27(2)23(32)26-14)22(31)29-12-16-10-28(11-17(16)13-29)8-4-6-15-5-3-7-18(24)9-15/h3,5,7,9,16-17H,4,6,8,10-13H2,1-2H3,(H2,25,30)/t16-,17?/m0/s1. The molecule has 4 rings (SSSR count). The van der Waals surface area contributed by atoms with Crippen molar-refractivity contribution in [2.45, 2.75) is 19.8 Å². The van der Waals surface area contributed by atoms with E-state index in [0.717, 1.165) is 42.1 Å². The predicted octanol–water partition coefficient (Wildman–Crippen LogP) is 1.48. The van der Waals surface area contributed by atoms with Gasteiger partial charge in [0.2, 0.25) is 0 Å². The average Bonchev–Trinajstić information content (AvgIpc) is 3.28. The Morgan fingerprint density at radius 3 is 2.50 bits per heavy atom. The van der Waals surface area contributed by atoms with Gasteiger partial charge in [-0.2, -0.15) is 4.98 Å². The van der Waals surface area contributed by atoms with E-state index in [2.05, 4.69) is 16.0 Å². The first-order chi connectivity index (χ1) is 15.2. The van der Waals surface area contributed by atoms with Crippen molar-refractivity contribution in [3.05, 3.63) is 62.3 Å². The van der Waals surface area contributed by atoms with Gasteiger partial charge >= 0.3 is 5.69 Å². The van der Waals surface area contributed by atoms with E-state index in [-0.39, 0.29) is 22.9 Å². The van der Waals surface area contributed by atoms with Crippen LogP contribution in [-0.2, 0) is 13.5 Å². The molecule has 8 nitrogen and oxygen atoms in total. The van der Waals surface area contributed by atoms with Gasteiger partial charge in [0.1, 0.15) is 5.69 Å². The number of hydrogen-bond acceptors (Lipinski definition) is 5. The minimum absolute atomic E-state index is 0.0767. The van der Waals surface area contributed by atoms with Crippen LogP contribution in [0.25, 0.3) is 0 Å². The molecule has 170 valence electrons. The molecule has 1 aromatic carbocycles. The number of carbonyl (C=O) groups is 2. The molecule has 1 aromatic heterocycles. The summed E-state index contributed by atoms with van der Waals surface area (Å²) in [5.74, 6) is -0.268. The van der Waals surface area contributed by atoms with E-state index in [0.29, 0.717) is 24.9 Å². The van der Waals surface area contributed by atoms with E-state index in [4.69, 9.17) is 17.3 Å². The van der Waals surface area contributed by atoms with Crippen molar-refractivity contribution >= 4 is 23.4 Å². The lowest BCUT2D eigenvalue weighted by atomic mass is 10.0. The fourth-order valence-electron chi connectivity index (χ4n) is 5.05. The van der Waals surface area contributed by atoms with Crippen molar-refractivity contribution in [1.82, 2.24) is 19.4 Å². The molecule has 2 aromatic rings. The minimum Gasteiger partial charge on any atom is -0.364 e. The van der Waals surface area contributed by atoms with Crippen molar-refractivity contribution in [1.29, 1.82) is 0 Å². The second-order valence-corrected chi connectivity index (χ2v) is 9.29. The molecule has 1 unspecified atom stereocenters. The van der Waals surface area contributed by atoms with Crippen LogP contribution >= 0.6 is 11.6 Å². The van der Waals surface area contributed by atoms with Crippen LogP contribution in [0.1, 0.15) is 38.5 Å². The number of primary amides is 1. The summed E-state index contributed by atoms with van der Waals surface area (Å²) in [4.78, 5) is 45.3. The summed E-state index contributed by atoms with van der Waals surface area (Å²) < 4.78 is 1.06. The Kier molecular flexibility index (Phi) is 6.35. The number of likely N-dealkylation sites (tertiary alicyclic amines) is 2. The molecule has 2 saturated heterocycles. The second kappa shape index (κ2) is 9.03. The summed E-state index contributed by atoms with van der Waals surface area (Å²) in [5.41, 5.74) is 6.44. The van der Waals surface area contributed by atoms with Crippen molar-refractivity contribution < 1.29 is 9.59 Å². The Morgan fingerprint density at radius 1 is 1.19 bits per heavy atom. The Morgan fingerprint density at radius 2 is 1.88 bits per heavy atom. The second-order valence-electron chi connectivity index (χ2n) is 8.85. The smallest absolute Gasteiger partial charge is 0.348 e. The number of nitrogens with zero attached hydrogens (tertiary/aromatic N) is 4. The number of halogens is 1. The average molecular weight is 458 g/mol. The van der Waals surface area contributed by atoms with Gasteiger partial charge in [-0.1, -0.05) is 23.7 Å². The third-order valence-electron chi connectivity index (χ3n) is 6.61. The van der Waals surface area contributed by atoms with Crippen LogP contribution in [0.2, 0.25) is 5.02 Å². The van der Waals surface area contributed by atoms with Crippen molar-refractivity contribution in [3.63, 3.8) is 0 Å². The summed E-state index contributed by atoms with van der Waals surface area (Å²) in [7, 11) is 1.41. The fourth-order valence-corrected chi connectivity index (χ4v) is 5.26. The molecular formula is C23H28ClN5O3. The largest absolute Gasteiger partial charge is 0.364 e. The summed E-state index contributed by atoms with van der Waals surface area (Å²) in [6.07, 6.45) is 2.05. The van der Waals surface area contributed by atoms with Crippen molar-refractivity contribution in [2.24, 2.45) is 24.6 Å². The number of hydrogen-bond donors (Lipinski definition) is 1. The molecule has 3 heterocycles. The van der Waals surface area contributed by atoms with E-state index in [1.807, 2.05) is 18.2 Å². The highest BCUT2D eigenvalue weighted by Gasteiger charge is 2.42. The lowest BCUT2D eigenvalue weighted by molar-refractivity contribution is 0.0765. The lowest BCUT2D eigenvalue weighted by Gasteiger charge is -2.23. The Bertz CT molecular complexity index is 1100. The zero-order valence-electron chi connectivity index (χ0n) is 18.4. The molecule has 2 aliphatic heterocycles. The SMILES string of the molecule is Cc1nc(=O)n(C)c(C(N)=O)c1C(=O)N1CC2CN(CCCc3cccc(Cl)c3)C[C@H]2C1. The van der Waals surface area contributed by atoms with Gasteiger partial charge < -0.3 is 15.5 Å². The van der Waals surface area contributed by atoms with Gasteiger partial charge in [-0.15, -0.1) is 0 Å². The molecule has 2 amide bonds. The van der Waals surface area contributed by atoms with E-state index in [1.165, 1.54) is 12.6 Å². The number of fused-ring (bicyclic) bond motifs is 1.